The summed E-state index contributed by atoms with van der Waals surface area (Å²) >= 11 is 0. The Bertz CT molecular complexity index is 473. The molecule has 0 heterocycles. The third-order valence-corrected chi connectivity index (χ3v) is 6.42. The molecule has 1 N–H and O–H groups in total. The molecule has 98 valence electrons. The highest BCUT2D eigenvalue weighted by Gasteiger charge is 2.68. The summed E-state index contributed by atoms with van der Waals surface area (Å²) in [5, 5.41) is 11.3. The van der Waals surface area contributed by atoms with Crippen LogP contribution in [0.25, 0.3) is 0 Å². The highest BCUT2D eigenvalue weighted by molar-refractivity contribution is 5.33. The molecule has 0 radical (unpaired) electrons. The van der Waals surface area contributed by atoms with Crippen LogP contribution in [0.4, 0.5) is 0 Å². The highest BCUT2D eigenvalue weighted by atomic mass is 16.3. The topological polar surface area (TPSA) is 20.2 Å². The SMILES string of the molecule is Cc1ccc([C@@]2(O)C[C@H]3CC[C@]2(C)C3(C)C)cc1. The van der Waals surface area contributed by atoms with Crippen LogP contribution in [-0.2, 0) is 5.60 Å². The summed E-state index contributed by atoms with van der Waals surface area (Å²) in [7, 11) is 0. The molecule has 0 spiro atoms. The number of hydrogen-bond acceptors (Lipinski definition) is 1. The molecule has 3 rings (SSSR count). The van der Waals surface area contributed by atoms with Crippen molar-refractivity contribution in [3.63, 3.8) is 0 Å². The van der Waals surface area contributed by atoms with Crippen LogP contribution in [0.15, 0.2) is 24.3 Å². The van der Waals surface area contributed by atoms with Crippen LogP contribution in [0.1, 0.15) is 51.2 Å². The average Bonchev–Trinajstić information content (AvgIpc) is 2.62. The normalized spacial score (nSPS) is 41.3. The minimum atomic E-state index is -0.632. The molecular weight excluding hydrogens is 220 g/mol. The average molecular weight is 244 g/mol. The van der Waals surface area contributed by atoms with Crippen molar-refractivity contribution in [2.24, 2.45) is 16.7 Å². The minimum Gasteiger partial charge on any atom is -0.385 e. The van der Waals surface area contributed by atoms with E-state index in [1.165, 1.54) is 12.0 Å². The molecule has 0 saturated heterocycles. The fourth-order valence-corrected chi connectivity index (χ4v) is 4.54. The third kappa shape index (κ3) is 1.21. The molecular formula is C17H24O. The van der Waals surface area contributed by atoms with Crippen LogP contribution in [0.2, 0.25) is 0 Å². The molecule has 0 aromatic heterocycles. The molecule has 0 amide bonds. The van der Waals surface area contributed by atoms with Crippen molar-refractivity contribution in [2.75, 3.05) is 0 Å². The largest absolute Gasteiger partial charge is 0.385 e. The van der Waals surface area contributed by atoms with Crippen LogP contribution in [0, 0.1) is 23.7 Å². The third-order valence-electron chi connectivity index (χ3n) is 6.42. The van der Waals surface area contributed by atoms with E-state index in [2.05, 4.69) is 52.0 Å². The van der Waals surface area contributed by atoms with Gasteiger partial charge in [0.05, 0.1) is 5.60 Å². The quantitative estimate of drug-likeness (QED) is 0.791. The molecule has 2 bridgehead atoms. The second kappa shape index (κ2) is 3.39. The number of aliphatic hydroxyl groups is 1. The van der Waals surface area contributed by atoms with Gasteiger partial charge in [-0.1, -0.05) is 50.6 Å². The number of benzene rings is 1. The summed E-state index contributed by atoms with van der Waals surface area (Å²) < 4.78 is 0. The maximum absolute atomic E-state index is 11.3. The van der Waals surface area contributed by atoms with Crippen LogP contribution in [0.3, 0.4) is 0 Å². The van der Waals surface area contributed by atoms with E-state index in [0.717, 1.165) is 18.4 Å². The highest BCUT2D eigenvalue weighted by Crippen LogP contribution is 2.72. The number of hydrogen-bond donors (Lipinski definition) is 1. The van der Waals surface area contributed by atoms with Gasteiger partial charge in [-0.3, -0.25) is 0 Å². The lowest BCUT2D eigenvalue weighted by Gasteiger charge is -2.45. The van der Waals surface area contributed by atoms with E-state index < -0.39 is 5.60 Å². The molecule has 0 aliphatic heterocycles. The molecule has 18 heavy (non-hydrogen) atoms. The maximum atomic E-state index is 11.3. The second-order valence-electron chi connectivity index (χ2n) is 7.22. The lowest BCUT2D eigenvalue weighted by Crippen LogP contribution is -2.44. The summed E-state index contributed by atoms with van der Waals surface area (Å²) in [5.74, 6) is 0.661. The maximum Gasteiger partial charge on any atom is 0.0957 e. The van der Waals surface area contributed by atoms with Crippen LogP contribution in [-0.4, -0.2) is 5.11 Å². The number of rotatable bonds is 1. The van der Waals surface area contributed by atoms with Gasteiger partial charge >= 0.3 is 0 Å². The van der Waals surface area contributed by atoms with Gasteiger partial charge in [-0.2, -0.15) is 0 Å². The van der Waals surface area contributed by atoms with Crippen molar-refractivity contribution in [3.05, 3.63) is 35.4 Å². The van der Waals surface area contributed by atoms with Crippen molar-refractivity contribution >= 4 is 0 Å². The summed E-state index contributed by atoms with van der Waals surface area (Å²) in [5.41, 5.74) is 2.00. The Morgan fingerprint density at radius 1 is 1.11 bits per heavy atom. The van der Waals surface area contributed by atoms with Gasteiger partial charge in [0.2, 0.25) is 0 Å². The second-order valence-corrected chi connectivity index (χ2v) is 7.22. The van der Waals surface area contributed by atoms with Crippen molar-refractivity contribution < 1.29 is 5.11 Å². The Morgan fingerprint density at radius 2 is 1.72 bits per heavy atom. The van der Waals surface area contributed by atoms with Crippen molar-refractivity contribution in [2.45, 2.75) is 52.6 Å². The predicted octanol–water partition coefficient (Wildman–Crippen LogP) is 4.03. The van der Waals surface area contributed by atoms with Crippen LogP contribution < -0.4 is 0 Å². The lowest BCUT2D eigenvalue weighted by molar-refractivity contribution is -0.0957. The van der Waals surface area contributed by atoms with E-state index in [0.29, 0.717) is 5.92 Å². The first kappa shape index (κ1) is 12.2. The molecule has 0 unspecified atom stereocenters. The molecule has 2 fully saturated rings. The molecule has 1 heteroatoms. The zero-order valence-corrected chi connectivity index (χ0v) is 12.0. The smallest absolute Gasteiger partial charge is 0.0957 e. The van der Waals surface area contributed by atoms with Gasteiger partial charge in [-0.15, -0.1) is 0 Å². The van der Waals surface area contributed by atoms with E-state index in [1.54, 1.807) is 0 Å². The first-order chi connectivity index (χ1) is 8.31. The monoisotopic (exact) mass is 244 g/mol. The fourth-order valence-electron chi connectivity index (χ4n) is 4.54. The van der Waals surface area contributed by atoms with Crippen LogP contribution in [0.5, 0.6) is 0 Å². The number of fused-ring (bicyclic) bond motifs is 2. The predicted molar refractivity (Wildman–Crippen MR) is 74.3 cm³/mol. The van der Waals surface area contributed by atoms with Gasteiger partial charge in [0.25, 0.3) is 0 Å². The Balaban J connectivity index is 2.10. The standard InChI is InChI=1S/C17H24O/c1-12-5-7-13(8-6-12)17(18)11-14-9-10-16(17,4)15(14,2)3/h5-8,14,18H,9-11H2,1-4H3/t14-,16-,17+/m1/s1. The van der Waals surface area contributed by atoms with Gasteiger partial charge < -0.3 is 5.11 Å². The molecule has 3 atom stereocenters. The Kier molecular flexibility index (Phi) is 2.30. The summed E-state index contributed by atoms with van der Waals surface area (Å²) in [6.07, 6.45) is 3.35. The fraction of sp³-hybridized carbons (Fsp3) is 0.647. The first-order valence-corrected chi connectivity index (χ1v) is 7.11. The zero-order valence-electron chi connectivity index (χ0n) is 12.0. The minimum absolute atomic E-state index is 0.0138. The van der Waals surface area contributed by atoms with Crippen molar-refractivity contribution in [1.29, 1.82) is 0 Å². The van der Waals surface area contributed by atoms with Gasteiger partial charge in [0.1, 0.15) is 0 Å². The first-order valence-electron chi connectivity index (χ1n) is 7.11. The van der Waals surface area contributed by atoms with Gasteiger partial charge in [0.15, 0.2) is 0 Å². The van der Waals surface area contributed by atoms with Crippen molar-refractivity contribution in [3.8, 4) is 0 Å². The van der Waals surface area contributed by atoms with Gasteiger partial charge in [-0.05, 0) is 43.1 Å². The van der Waals surface area contributed by atoms with E-state index in [4.69, 9.17) is 0 Å². The molecule has 1 nitrogen and oxygen atoms in total. The van der Waals surface area contributed by atoms with Gasteiger partial charge in [0, 0.05) is 5.41 Å². The van der Waals surface area contributed by atoms with Crippen molar-refractivity contribution in [1.82, 2.24) is 0 Å². The lowest BCUT2D eigenvalue weighted by atomic mass is 9.62. The summed E-state index contributed by atoms with van der Waals surface area (Å²) in [6.45, 7) is 9.08. The Labute approximate surface area is 110 Å². The van der Waals surface area contributed by atoms with E-state index in [9.17, 15) is 5.11 Å². The van der Waals surface area contributed by atoms with E-state index in [1.807, 2.05) is 0 Å². The van der Waals surface area contributed by atoms with Crippen LogP contribution >= 0.6 is 0 Å². The Hall–Kier alpha value is -0.820. The molecule has 1 aromatic rings. The summed E-state index contributed by atoms with van der Waals surface area (Å²) in [6, 6.07) is 8.49. The molecule has 1 aromatic carbocycles. The number of aryl methyl sites for hydroxylation is 1. The zero-order chi connectivity index (χ0) is 13.2. The van der Waals surface area contributed by atoms with Gasteiger partial charge in [-0.25, -0.2) is 0 Å². The molecule has 2 aliphatic rings. The Morgan fingerprint density at radius 3 is 2.17 bits per heavy atom. The molecule has 2 saturated carbocycles. The van der Waals surface area contributed by atoms with E-state index >= 15 is 0 Å². The molecule has 2 aliphatic carbocycles. The van der Waals surface area contributed by atoms with E-state index in [-0.39, 0.29) is 10.8 Å². The summed E-state index contributed by atoms with van der Waals surface area (Å²) in [4.78, 5) is 0.